The molecule has 0 saturated heterocycles. The van der Waals surface area contributed by atoms with Gasteiger partial charge in [0.2, 0.25) is 0 Å². The molecule has 0 spiro atoms. The van der Waals surface area contributed by atoms with Crippen molar-refractivity contribution < 1.29 is 9.90 Å². The van der Waals surface area contributed by atoms with E-state index in [4.69, 9.17) is 5.11 Å². The summed E-state index contributed by atoms with van der Waals surface area (Å²) in [6.45, 7) is 1.60. The summed E-state index contributed by atoms with van der Waals surface area (Å²) in [7, 11) is 1.36. The number of hydrogen-bond donors (Lipinski definition) is 2. The topological polar surface area (TPSA) is 63.3 Å². The molecule has 0 saturated carbocycles. The van der Waals surface area contributed by atoms with Crippen LogP contribution in [0.2, 0.25) is 0 Å². The summed E-state index contributed by atoms with van der Waals surface area (Å²) >= 11 is 0. The fourth-order valence-corrected chi connectivity index (χ4v) is 0. The fraction of sp³-hybridized carbons (Fsp3) is 0.667. The zero-order valence-corrected chi connectivity index (χ0v) is 5.76. The van der Waals surface area contributed by atoms with Crippen molar-refractivity contribution in [2.45, 2.75) is 13.3 Å². The van der Waals surface area contributed by atoms with Crippen LogP contribution in [0, 0.1) is 0 Å². The molecule has 0 heterocycles. The zero-order chi connectivity index (χ0) is 6.28. The molecule has 44 valence electrons. The molecule has 0 bridgehead atoms. The first kappa shape index (κ1) is 9.97. The van der Waals surface area contributed by atoms with Crippen molar-refractivity contribution in [3.05, 3.63) is 0 Å². The summed E-state index contributed by atoms with van der Waals surface area (Å²) in [5, 5.41) is 7.72. The lowest BCUT2D eigenvalue weighted by Crippen LogP contribution is -1.86. The van der Waals surface area contributed by atoms with Gasteiger partial charge in [0.05, 0.1) is 0 Å². The van der Waals surface area contributed by atoms with Crippen molar-refractivity contribution in [3.8, 4) is 0 Å². The van der Waals surface area contributed by atoms with Crippen molar-refractivity contribution >= 4 is 15.4 Å². The average Bonchev–Trinajstić information content (AvgIpc) is 1.73. The molecule has 4 heteroatoms. The van der Waals surface area contributed by atoms with Crippen LogP contribution >= 0.6 is 9.39 Å². The van der Waals surface area contributed by atoms with Gasteiger partial charge in [-0.1, -0.05) is 6.92 Å². The first-order valence-electron chi connectivity index (χ1n) is 1.90. The number of aliphatic carboxylic acids is 1. The Hall–Kier alpha value is -0.140. The molecule has 0 aromatic carbocycles. The van der Waals surface area contributed by atoms with Gasteiger partial charge in [0.1, 0.15) is 0 Å². The molecule has 0 aromatic heterocycles. The van der Waals surface area contributed by atoms with Gasteiger partial charge in [0, 0.05) is 15.8 Å². The third-order valence-electron chi connectivity index (χ3n) is 0.302. The minimum absolute atomic E-state index is 0.222. The van der Waals surface area contributed by atoms with Crippen LogP contribution in [0.5, 0.6) is 0 Å². The quantitative estimate of drug-likeness (QED) is 0.481. The minimum atomic E-state index is -0.745. The van der Waals surface area contributed by atoms with E-state index in [1.165, 1.54) is 9.39 Å². The number of rotatable bonds is 1. The lowest BCUT2D eigenvalue weighted by Gasteiger charge is -1.71. The Balaban J connectivity index is 0. The number of carboxylic acid groups (broad SMARTS) is 1. The molecule has 0 radical (unpaired) electrons. The monoisotopic (exact) mass is 124 g/mol. The second kappa shape index (κ2) is 9.29. The second-order valence-electron chi connectivity index (χ2n) is 0.747. The summed E-state index contributed by atoms with van der Waals surface area (Å²) < 4.78 is 0. The van der Waals surface area contributed by atoms with Crippen molar-refractivity contribution in [3.63, 3.8) is 0 Å². The summed E-state index contributed by atoms with van der Waals surface area (Å²) in [4.78, 5) is 9.37. The predicted octanol–water partition coefficient (Wildman–Crippen LogP) is -0.0515. The molecule has 0 amide bonds. The molecule has 3 N–H and O–H groups in total. The highest BCUT2D eigenvalue weighted by atomic mass is 31.0. The average molecular weight is 124 g/mol. The van der Waals surface area contributed by atoms with Gasteiger partial charge in [-0.2, -0.15) is 0 Å². The third kappa shape index (κ3) is 25.2. The molecule has 0 aliphatic carbocycles. The largest absolute Gasteiger partial charge is 0.481 e. The van der Waals surface area contributed by atoms with Gasteiger partial charge in [-0.15, -0.1) is 0 Å². The van der Waals surface area contributed by atoms with E-state index in [1.54, 1.807) is 6.92 Å². The fourth-order valence-electron chi connectivity index (χ4n) is 0. The molecule has 1 unspecified atom stereocenters. The molecule has 0 aliphatic rings. The van der Waals surface area contributed by atoms with Crippen LogP contribution in [0.15, 0.2) is 0 Å². The maximum atomic E-state index is 9.37. The van der Waals surface area contributed by atoms with Gasteiger partial charge in [-0.25, -0.2) is 5.50 Å². The Morgan fingerprint density at radius 3 is 2.00 bits per heavy atom. The number of nitrogens with two attached hydrogens (primary N) is 1. The van der Waals surface area contributed by atoms with Crippen molar-refractivity contribution in [2.75, 3.05) is 0 Å². The van der Waals surface area contributed by atoms with Gasteiger partial charge in [-0.3, -0.25) is 4.79 Å². The van der Waals surface area contributed by atoms with Gasteiger partial charge in [0.25, 0.3) is 0 Å². The maximum absolute atomic E-state index is 9.37. The summed E-state index contributed by atoms with van der Waals surface area (Å²) in [6, 6.07) is 0. The van der Waals surface area contributed by atoms with E-state index in [0.29, 0.717) is 0 Å². The highest BCUT2D eigenvalue weighted by Crippen LogP contribution is 1.67. The first-order chi connectivity index (χ1) is 3.27. The van der Waals surface area contributed by atoms with Crippen LogP contribution < -0.4 is 5.50 Å². The molecule has 0 aliphatic heterocycles. The Morgan fingerprint density at radius 1 is 1.86 bits per heavy atom. The first-order valence-corrected chi connectivity index (χ1v) is 2.71. The zero-order valence-electron chi connectivity index (χ0n) is 4.35. The normalized spacial score (nSPS) is 6.57. The molecular formula is C3H11NO2P+. The van der Waals surface area contributed by atoms with E-state index >= 15 is 0 Å². The van der Waals surface area contributed by atoms with Crippen molar-refractivity contribution in [1.82, 2.24) is 0 Å². The van der Waals surface area contributed by atoms with Crippen LogP contribution in [-0.4, -0.2) is 11.1 Å². The summed E-state index contributed by atoms with van der Waals surface area (Å²) in [5.41, 5.74) is 4.53. The van der Waals surface area contributed by atoms with E-state index in [-0.39, 0.29) is 6.42 Å². The van der Waals surface area contributed by atoms with Crippen LogP contribution in [-0.2, 0) is 4.79 Å². The van der Waals surface area contributed by atoms with Gasteiger partial charge in [0.15, 0.2) is 0 Å². The van der Waals surface area contributed by atoms with E-state index in [0.717, 1.165) is 0 Å². The van der Waals surface area contributed by atoms with Gasteiger partial charge >= 0.3 is 5.97 Å². The van der Waals surface area contributed by atoms with Crippen LogP contribution in [0.3, 0.4) is 0 Å². The van der Waals surface area contributed by atoms with E-state index in [1.807, 2.05) is 0 Å². The van der Waals surface area contributed by atoms with Crippen LogP contribution in [0.4, 0.5) is 0 Å². The Kier molecular flexibility index (Phi) is 13.2. The SMILES string of the molecule is CCC(=O)O.N[PH3+]. The Bertz CT molecular complexity index is 48.2. The number of hydrogen-bond acceptors (Lipinski definition) is 2. The molecule has 3 nitrogen and oxygen atoms in total. The van der Waals surface area contributed by atoms with Gasteiger partial charge in [-0.05, 0) is 0 Å². The summed E-state index contributed by atoms with van der Waals surface area (Å²) in [6.07, 6.45) is 0.222. The molecule has 0 aromatic rings. The number of carbonyl (C=O) groups is 1. The van der Waals surface area contributed by atoms with E-state index in [2.05, 4.69) is 5.50 Å². The number of carboxylic acids is 1. The standard InChI is InChI=1S/C3H6O2.H4NP/c1-2-3(4)5;1-2/h2H2,1H3,(H,4,5);1-2H2/p+1. The van der Waals surface area contributed by atoms with E-state index in [9.17, 15) is 4.79 Å². The highest BCUT2D eigenvalue weighted by Gasteiger charge is 1.80. The Morgan fingerprint density at radius 2 is 2.00 bits per heavy atom. The minimum Gasteiger partial charge on any atom is -0.481 e. The maximum Gasteiger partial charge on any atom is 0.303 e. The van der Waals surface area contributed by atoms with E-state index < -0.39 is 5.97 Å². The van der Waals surface area contributed by atoms with Crippen LogP contribution in [0.25, 0.3) is 0 Å². The third-order valence-corrected chi connectivity index (χ3v) is 0.302. The van der Waals surface area contributed by atoms with Crippen molar-refractivity contribution in [2.24, 2.45) is 5.50 Å². The molecule has 1 atom stereocenters. The van der Waals surface area contributed by atoms with Gasteiger partial charge < -0.3 is 5.11 Å². The molecule has 0 rings (SSSR count). The second-order valence-corrected chi connectivity index (χ2v) is 0.747. The van der Waals surface area contributed by atoms with Crippen molar-refractivity contribution in [1.29, 1.82) is 0 Å². The Labute approximate surface area is 45.2 Å². The molecule has 7 heavy (non-hydrogen) atoms. The lowest BCUT2D eigenvalue weighted by atomic mass is 10.5. The highest BCUT2D eigenvalue weighted by molar-refractivity contribution is 7.13. The smallest absolute Gasteiger partial charge is 0.303 e. The molecular weight excluding hydrogens is 113 g/mol. The molecule has 0 fully saturated rings. The lowest BCUT2D eigenvalue weighted by molar-refractivity contribution is -0.136. The predicted molar refractivity (Wildman–Crippen MR) is 33.2 cm³/mol. The summed E-state index contributed by atoms with van der Waals surface area (Å²) in [5.74, 6) is -0.745. The van der Waals surface area contributed by atoms with Crippen LogP contribution in [0.1, 0.15) is 13.3 Å².